The fourth-order valence-corrected chi connectivity index (χ4v) is 1.45. The van der Waals surface area contributed by atoms with Crippen molar-refractivity contribution in [2.24, 2.45) is 0 Å². The molecule has 0 saturated carbocycles. The number of rotatable bonds is 1. The molecule has 0 aromatic carbocycles. The van der Waals surface area contributed by atoms with Crippen molar-refractivity contribution in [1.82, 2.24) is 10.3 Å². The van der Waals surface area contributed by atoms with Gasteiger partial charge in [0, 0.05) is 25.0 Å². The zero-order valence-electron chi connectivity index (χ0n) is 7.31. The second-order valence-corrected chi connectivity index (χ2v) is 2.95. The molecule has 0 saturated heterocycles. The lowest BCUT2D eigenvalue weighted by molar-refractivity contribution is 0.553. The molecule has 3 heteroatoms. The van der Waals surface area contributed by atoms with Crippen LogP contribution >= 0.6 is 12.4 Å². The van der Waals surface area contributed by atoms with E-state index in [1.165, 1.54) is 5.56 Å². The maximum Gasteiger partial charge on any atom is 0.0372 e. The summed E-state index contributed by atoms with van der Waals surface area (Å²) in [5.74, 6) is 0. The van der Waals surface area contributed by atoms with Gasteiger partial charge in [-0.05, 0) is 18.1 Å². The number of aromatic nitrogens is 1. The minimum atomic E-state index is 0. The van der Waals surface area contributed by atoms with Crippen LogP contribution in [-0.2, 0) is 0 Å². The van der Waals surface area contributed by atoms with Crippen molar-refractivity contribution in [3.8, 4) is 0 Å². The van der Waals surface area contributed by atoms with Gasteiger partial charge in [0.05, 0.1) is 0 Å². The maximum atomic E-state index is 4.10. The Hall–Kier alpha value is -0.860. The van der Waals surface area contributed by atoms with Crippen LogP contribution in [-0.4, -0.2) is 11.5 Å². The van der Waals surface area contributed by atoms with Gasteiger partial charge in [0.2, 0.25) is 0 Å². The molecule has 0 spiro atoms. The highest BCUT2D eigenvalue weighted by atomic mass is 35.5. The summed E-state index contributed by atoms with van der Waals surface area (Å²) in [5.41, 5.74) is 1.28. The summed E-state index contributed by atoms with van der Waals surface area (Å²) < 4.78 is 0. The van der Waals surface area contributed by atoms with E-state index in [2.05, 4.69) is 28.5 Å². The Morgan fingerprint density at radius 3 is 2.92 bits per heavy atom. The number of hydrogen-bond acceptors (Lipinski definition) is 2. The van der Waals surface area contributed by atoms with E-state index < -0.39 is 0 Å². The Balaban J connectivity index is 0.000000845. The summed E-state index contributed by atoms with van der Waals surface area (Å²) in [5, 5.41) is 3.41. The first-order valence-corrected chi connectivity index (χ1v) is 4.25. The molecule has 0 fully saturated rings. The smallest absolute Gasteiger partial charge is 0.0372 e. The molecule has 2 heterocycles. The third kappa shape index (κ3) is 2.54. The number of nitrogens with one attached hydrogen (secondary N) is 1. The van der Waals surface area contributed by atoms with Crippen molar-refractivity contribution in [2.45, 2.75) is 12.5 Å². The highest BCUT2D eigenvalue weighted by Gasteiger charge is 2.10. The minimum Gasteiger partial charge on any atom is -0.306 e. The third-order valence-electron chi connectivity index (χ3n) is 2.11. The fourth-order valence-electron chi connectivity index (χ4n) is 1.45. The van der Waals surface area contributed by atoms with E-state index in [0.717, 1.165) is 13.0 Å². The number of pyridine rings is 1. The predicted molar refractivity (Wildman–Crippen MR) is 56.0 cm³/mol. The van der Waals surface area contributed by atoms with E-state index >= 15 is 0 Å². The molecule has 2 rings (SSSR count). The molecule has 2 nitrogen and oxygen atoms in total. The second-order valence-electron chi connectivity index (χ2n) is 2.95. The van der Waals surface area contributed by atoms with Gasteiger partial charge >= 0.3 is 0 Å². The van der Waals surface area contributed by atoms with Crippen LogP contribution in [0.15, 0.2) is 36.7 Å². The quantitative estimate of drug-likeness (QED) is 0.696. The Morgan fingerprint density at radius 2 is 2.31 bits per heavy atom. The Labute approximate surface area is 84.5 Å². The first-order chi connectivity index (χ1) is 5.97. The van der Waals surface area contributed by atoms with Crippen molar-refractivity contribution in [1.29, 1.82) is 0 Å². The van der Waals surface area contributed by atoms with E-state index in [1.54, 1.807) is 0 Å². The largest absolute Gasteiger partial charge is 0.306 e. The van der Waals surface area contributed by atoms with Crippen LogP contribution in [0.1, 0.15) is 18.0 Å². The zero-order valence-corrected chi connectivity index (χ0v) is 8.13. The highest BCUT2D eigenvalue weighted by molar-refractivity contribution is 5.85. The van der Waals surface area contributed by atoms with Gasteiger partial charge in [-0.2, -0.15) is 0 Å². The standard InChI is InChI=1S/C10H12N2.ClH/c1-2-7-12-10(5-1)9-4-3-6-11-8-9;/h1-4,6,8,10,12H,5,7H2;1H. The Morgan fingerprint density at radius 1 is 1.38 bits per heavy atom. The van der Waals surface area contributed by atoms with Crippen LogP contribution < -0.4 is 5.32 Å². The molecule has 1 aromatic rings. The van der Waals surface area contributed by atoms with Gasteiger partial charge < -0.3 is 5.32 Å². The maximum absolute atomic E-state index is 4.10. The monoisotopic (exact) mass is 196 g/mol. The van der Waals surface area contributed by atoms with Crippen LogP contribution in [0.3, 0.4) is 0 Å². The zero-order chi connectivity index (χ0) is 8.23. The topological polar surface area (TPSA) is 24.9 Å². The molecule has 0 bridgehead atoms. The number of hydrogen-bond donors (Lipinski definition) is 1. The third-order valence-corrected chi connectivity index (χ3v) is 2.11. The molecule has 1 N–H and O–H groups in total. The van der Waals surface area contributed by atoms with Crippen LogP contribution in [0.4, 0.5) is 0 Å². The normalized spacial score (nSPS) is 20.8. The van der Waals surface area contributed by atoms with Crippen molar-refractivity contribution in [3.05, 3.63) is 42.2 Å². The van der Waals surface area contributed by atoms with Crippen molar-refractivity contribution < 1.29 is 0 Å². The molecule has 13 heavy (non-hydrogen) atoms. The van der Waals surface area contributed by atoms with E-state index in [9.17, 15) is 0 Å². The van der Waals surface area contributed by atoms with Gasteiger partial charge in [0.15, 0.2) is 0 Å². The van der Waals surface area contributed by atoms with Gasteiger partial charge in [-0.1, -0.05) is 18.2 Å². The first-order valence-electron chi connectivity index (χ1n) is 4.25. The second kappa shape index (κ2) is 5.00. The van der Waals surface area contributed by atoms with E-state index in [0.29, 0.717) is 6.04 Å². The number of nitrogens with zero attached hydrogens (tertiary/aromatic N) is 1. The summed E-state index contributed by atoms with van der Waals surface area (Å²) in [6, 6.07) is 4.56. The predicted octanol–water partition coefficient (Wildman–Crippen LogP) is 2.09. The molecule has 1 aromatic heterocycles. The van der Waals surface area contributed by atoms with Gasteiger partial charge in [-0.3, -0.25) is 4.98 Å². The van der Waals surface area contributed by atoms with Gasteiger partial charge in [0.25, 0.3) is 0 Å². The van der Waals surface area contributed by atoms with E-state index in [4.69, 9.17) is 0 Å². The first kappa shape index (κ1) is 10.2. The fraction of sp³-hybridized carbons (Fsp3) is 0.300. The van der Waals surface area contributed by atoms with Crippen LogP contribution in [0.5, 0.6) is 0 Å². The van der Waals surface area contributed by atoms with E-state index in [-0.39, 0.29) is 12.4 Å². The molecule has 1 aliphatic heterocycles. The molecule has 0 amide bonds. The molecular weight excluding hydrogens is 184 g/mol. The SMILES string of the molecule is C1=CCC(c2cccnc2)NC1.Cl. The Bertz CT molecular complexity index is 272. The van der Waals surface area contributed by atoms with Gasteiger partial charge in [-0.25, -0.2) is 0 Å². The molecule has 0 aliphatic carbocycles. The molecule has 0 radical (unpaired) electrons. The summed E-state index contributed by atoms with van der Waals surface area (Å²) in [4.78, 5) is 4.10. The van der Waals surface area contributed by atoms with Crippen molar-refractivity contribution in [2.75, 3.05) is 6.54 Å². The van der Waals surface area contributed by atoms with Crippen LogP contribution in [0.2, 0.25) is 0 Å². The summed E-state index contributed by atoms with van der Waals surface area (Å²) in [7, 11) is 0. The lowest BCUT2D eigenvalue weighted by atomic mass is 10.0. The average molecular weight is 197 g/mol. The average Bonchev–Trinajstić information content (AvgIpc) is 2.21. The number of halogens is 1. The molecule has 1 atom stereocenters. The summed E-state index contributed by atoms with van der Waals surface area (Å²) >= 11 is 0. The van der Waals surface area contributed by atoms with Crippen molar-refractivity contribution in [3.63, 3.8) is 0 Å². The lowest BCUT2D eigenvalue weighted by Crippen LogP contribution is -2.23. The minimum absolute atomic E-state index is 0. The van der Waals surface area contributed by atoms with Crippen LogP contribution in [0.25, 0.3) is 0 Å². The summed E-state index contributed by atoms with van der Waals surface area (Å²) in [6.07, 6.45) is 9.19. The molecule has 70 valence electrons. The lowest BCUT2D eigenvalue weighted by Gasteiger charge is -2.19. The van der Waals surface area contributed by atoms with E-state index in [1.807, 2.05) is 18.5 Å². The Kier molecular flexibility index (Phi) is 3.93. The molecule has 1 unspecified atom stereocenters. The molecule has 1 aliphatic rings. The van der Waals surface area contributed by atoms with Gasteiger partial charge in [-0.15, -0.1) is 12.4 Å². The molecular formula is C10H13ClN2. The highest BCUT2D eigenvalue weighted by Crippen LogP contribution is 2.17. The van der Waals surface area contributed by atoms with Crippen LogP contribution in [0, 0.1) is 0 Å². The van der Waals surface area contributed by atoms with Gasteiger partial charge in [0.1, 0.15) is 0 Å². The van der Waals surface area contributed by atoms with Crippen molar-refractivity contribution >= 4 is 12.4 Å². The summed E-state index contributed by atoms with van der Waals surface area (Å²) in [6.45, 7) is 0.972.